The van der Waals surface area contributed by atoms with Crippen LogP contribution in [0.1, 0.15) is 38.7 Å². The van der Waals surface area contributed by atoms with Gasteiger partial charge in [0, 0.05) is 18.5 Å². The van der Waals surface area contributed by atoms with Crippen LogP contribution in [-0.4, -0.2) is 30.1 Å². The quantitative estimate of drug-likeness (QED) is 0.866. The molecule has 2 unspecified atom stereocenters. The highest BCUT2D eigenvalue weighted by Gasteiger charge is 2.34. The predicted octanol–water partition coefficient (Wildman–Crippen LogP) is 3.40. The number of nitrogens with zero attached hydrogens (tertiary/aromatic N) is 1. The van der Waals surface area contributed by atoms with E-state index in [-0.39, 0.29) is 5.41 Å². The summed E-state index contributed by atoms with van der Waals surface area (Å²) in [5, 5.41) is 9.73. The zero-order valence-electron chi connectivity index (χ0n) is 11.8. The van der Waals surface area contributed by atoms with Crippen molar-refractivity contribution in [2.24, 2.45) is 5.92 Å². The Balaban J connectivity index is 2.34. The Labute approximate surface area is 111 Å². The van der Waals surface area contributed by atoms with Crippen molar-refractivity contribution in [3.05, 3.63) is 29.8 Å². The number of aromatic hydroxyl groups is 1. The minimum atomic E-state index is 0.207. The maximum absolute atomic E-state index is 9.73. The van der Waals surface area contributed by atoms with Gasteiger partial charge in [-0.25, -0.2) is 0 Å². The average Bonchev–Trinajstić information content (AvgIpc) is 2.48. The first-order valence-corrected chi connectivity index (χ1v) is 7.04. The molecular weight excluding hydrogens is 222 g/mol. The Kier molecular flexibility index (Phi) is 3.96. The fourth-order valence-electron chi connectivity index (χ4n) is 3.37. The normalized spacial score (nSPS) is 30.1. The Morgan fingerprint density at radius 1 is 1.44 bits per heavy atom. The van der Waals surface area contributed by atoms with E-state index in [1.54, 1.807) is 6.07 Å². The molecule has 18 heavy (non-hydrogen) atoms. The van der Waals surface area contributed by atoms with Gasteiger partial charge in [-0.1, -0.05) is 26.0 Å². The average molecular weight is 247 g/mol. The van der Waals surface area contributed by atoms with Gasteiger partial charge < -0.3 is 10.0 Å². The lowest BCUT2D eigenvalue weighted by Gasteiger charge is -2.35. The molecule has 0 radical (unpaired) electrons. The van der Waals surface area contributed by atoms with Crippen LogP contribution in [0.25, 0.3) is 0 Å². The van der Waals surface area contributed by atoms with Gasteiger partial charge in [0.05, 0.1) is 0 Å². The maximum atomic E-state index is 9.73. The van der Waals surface area contributed by atoms with E-state index in [4.69, 9.17) is 0 Å². The second kappa shape index (κ2) is 5.31. The van der Waals surface area contributed by atoms with E-state index in [0.29, 0.717) is 5.75 Å². The molecule has 0 bridgehead atoms. The van der Waals surface area contributed by atoms with Gasteiger partial charge in [0.2, 0.25) is 0 Å². The summed E-state index contributed by atoms with van der Waals surface area (Å²) in [5.41, 5.74) is 1.50. The molecular formula is C16H25NO. The summed E-state index contributed by atoms with van der Waals surface area (Å²) in [6.07, 6.45) is 3.62. The molecule has 2 atom stereocenters. The standard InChI is InChI=1S/C16H25NO/c1-4-16(14-6-5-7-15(18)10-14)9-8-13(2)11-17(3)12-16/h5-7,10,13,18H,4,8-9,11-12H2,1-3H3. The van der Waals surface area contributed by atoms with Crippen molar-refractivity contribution >= 4 is 0 Å². The molecule has 1 N–H and O–H groups in total. The third kappa shape index (κ3) is 2.69. The Morgan fingerprint density at radius 3 is 2.89 bits per heavy atom. The second-order valence-corrected chi connectivity index (χ2v) is 6.02. The number of likely N-dealkylation sites (N-methyl/N-ethyl adjacent to an activating group) is 1. The van der Waals surface area contributed by atoms with Gasteiger partial charge in [-0.2, -0.15) is 0 Å². The molecule has 1 aromatic rings. The molecule has 1 fully saturated rings. The SMILES string of the molecule is CCC1(c2cccc(O)c2)CCC(C)CN(C)C1. The highest BCUT2D eigenvalue weighted by molar-refractivity contribution is 5.33. The van der Waals surface area contributed by atoms with Crippen LogP contribution < -0.4 is 0 Å². The van der Waals surface area contributed by atoms with Gasteiger partial charge in [-0.05, 0) is 49.9 Å². The zero-order chi connectivity index (χ0) is 13.2. The molecule has 2 rings (SSSR count). The van der Waals surface area contributed by atoms with Gasteiger partial charge >= 0.3 is 0 Å². The van der Waals surface area contributed by atoms with E-state index in [2.05, 4.69) is 31.9 Å². The van der Waals surface area contributed by atoms with Crippen LogP contribution in [0, 0.1) is 5.92 Å². The monoisotopic (exact) mass is 247 g/mol. The van der Waals surface area contributed by atoms with E-state index < -0.39 is 0 Å². The molecule has 0 amide bonds. The lowest BCUT2D eigenvalue weighted by molar-refractivity contribution is 0.248. The molecule has 1 aliphatic rings. The minimum absolute atomic E-state index is 0.207. The molecule has 1 aliphatic heterocycles. The molecule has 100 valence electrons. The van der Waals surface area contributed by atoms with Crippen LogP contribution in [-0.2, 0) is 5.41 Å². The van der Waals surface area contributed by atoms with Crippen molar-refractivity contribution in [3.8, 4) is 5.75 Å². The summed E-state index contributed by atoms with van der Waals surface area (Å²) in [4.78, 5) is 2.45. The van der Waals surface area contributed by atoms with E-state index in [1.165, 1.54) is 24.9 Å². The molecule has 2 nitrogen and oxygen atoms in total. The molecule has 0 aromatic heterocycles. The molecule has 0 aliphatic carbocycles. The third-order valence-electron chi connectivity index (χ3n) is 4.45. The van der Waals surface area contributed by atoms with Crippen LogP contribution >= 0.6 is 0 Å². The van der Waals surface area contributed by atoms with Crippen molar-refractivity contribution in [3.63, 3.8) is 0 Å². The fraction of sp³-hybridized carbons (Fsp3) is 0.625. The van der Waals surface area contributed by atoms with Gasteiger partial charge in [0.25, 0.3) is 0 Å². The predicted molar refractivity (Wildman–Crippen MR) is 76.0 cm³/mol. The number of rotatable bonds is 2. The summed E-state index contributed by atoms with van der Waals surface area (Å²) >= 11 is 0. The number of phenolic OH excluding ortho intramolecular Hbond substituents is 1. The zero-order valence-corrected chi connectivity index (χ0v) is 11.8. The second-order valence-electron chi connectivity index (χ2n) is 6.02. The summed E-state index contributed by atoms with van der Waals surface area (Å²) in [7, 11) is 2.22. The van der Waals surface area contributed by atoms with Crippen LogP contribution in [0.2, 0.25) is 0 Å². The van der Waals surface area contributed by atoms with Gasteiger partial charge in [0.15, 0.2) is 0 Å². The van der Waals surface area contributed by atoms with Crippen molar-refractivity contribution in [1.82, 2.24) is 4.90 Å². The minimum Gasteiger partial charge on any atom is -0.508 e. The van der Waals surface area contributed by atoms with E-state index in [9.17, 15) is 5.11 Å². The number of phenols is 1. The fourth-order valence-corrected chi connectivity index (χ4v) is 3.37. The maximum Gasteiger partial charge on any atom is 0.115 e. The topological polar surface area (TPSA) is 23.5 Å². The van der Waals surface area contributed by atoms with Crippen LogP contribution in [0.4, 0.5) is 0 Å². The number of hydrogen-bond acceptors (Lipinski definition) is 2. The van der Waals surface area contributed by atoms with E-state index in [1.807, 2.05) is 12.1 Å². The number of benzene rings is 1. The van der Waals surface area contributed by atoms with Crippen LogP contribution in [0.5, 0.6) is 5.75 Å². The smallest absolute Gasteiger partial charge is 0.115 e. The Hall–Kier alpha value is -1.02. The van der Waals surface area contributed by atoms with E-state index in [0.717, 1.165) is 18.9 Å². The molecule has 1 saturated heterocycles. The Bertz CT molecular complexity index is 404. The lowest BCUT2D eigenvalue weighted by atomic mass is 9.74. The van der Waals surface area contributed by atoms with Crippen molar-refractivity contribution in [1.29, 1.82) is 0 Å². The van der Waals surface area contributed by atoms with Gasteiger partial charge in [-0.3, -0.25) is 0 Å². The molecule has 0 saturated carbocycles. The molecule has 2 heteroatoms. The van der Waals surface area contributed by atoms with Crippen LogP contribution in [0.3, 0.4) is 0 Å². The molecule has 1 aromatic carbocycles. The lowest BCUT2D eigenvalue weighted by Crippen LogP contribution is -2.37. The summed E-state index contributed by atoms with van der Waals surface area (Å²) < 4.78 is 0. The highest BCUT2D eigenvalue weighted by atomic mass is 16.3. The molecule has 1 heterocycles. The first kappa shape index (κ1) is 13.4. The van der Waals surface area contributed by atoms with Crippen molar-refractivity contribution in [2.45, 2.75) is 38.5 Å². The van der Waals surface area contributed by atoms with Crippen molar-refractivity contribution in [2.75, 3.05) is 20.1 Å². The summed E-state index contributed by atoms with van der Waals surface area (Å²) in [6.45, 7) is 6.89. The third-order valence-corrected chi connectivity index (χ3v) is 4.45. The number of hydrogen-bond donors (Lipinski definition) is 1. The first-order chi connectivity index (χ1) is 8.55. The van der Waals surface area contributed by atoms with Gasteiger partial charge in [0.1, 0.15) is 5.75 Å². The first-order valence-electron chi connectivity index (χ1n) is 7.04. The highest BCUT2D eigenvalue weighted by Crippen LogP contribution is 2.38. The largest absolute Gasteiger partial charge is 0.508 e. The number of likely N-dealkylation sites (tertiary alicyclic amines) is 1. The van der Waals surface area contributed by atoms with Crippen molar-refractivity contribution < 1.29 is 5.11 Å². The summed E-state index contributed by atoms with van der Waals surface area (Å²) in [6, 6.07) is 7.85. The molecule has 0 spiro atoms. The van der Waals surface area contributed by atoms with Gasteiger partial charge in [-0.15, -0.1) is 0 Å². The Morgan fingerprint density at radius 2 is 2.22 bits per heavy atom. The van der Waals surface area contributed by atoms with Crippen LogP contribution in [0.15, 0.2) is 24.3 Å². The van der Waals surface area contributed by atoms with E-state index >= 15 is 0 Å². The summed E-state index contributed by atoms with van der Waals surface area (Å²) in [5.74, 6) is 1.15.